The predicted octanol–water partition coefficient (Wildman–Crippen LogP) is 2.22. The van der Waals surface area contributed by atoms with Gasteiger partial charge in [-0.05, 0) is 30.2 Å². The summed E-state index contributed by atoms with van der Waals surface area (Å²) in [4.78, 5) is 13.4. The average Bonchev–Trinajstić information content (AvgIpc) is 2.69. The number of nitrogens with one attached hydrogen (secondary N) is 1. The van der Waals surface area contributed by atoms with E-state index in [0.29, 0.717) is 12.0 Å². The number of amides is 2. The second-order valence-electron chi connectivity index (χ2n) is 6.39. The van der Waals surface area contributed by atoms with Gasteiger partial charge in [0, 0.05) is 32.7 Å². The summed E-state index contributed by atoms with van der Waals surface area (Å²) >= 11 is 0. The summed E-state index contributed by atoms with van der Waals surface area (Å²) in [6.07, 6.45) is 0.361. The molecule has 150 valence electrons. The Morgan fingerprint density at radius 2 is 1.54 bits per heavy atom. The third kappa shape index (κ3) is 4.48. The molecule has 6 nitrogen and oxygen atoms in total. The summed E-state index contributed by atoms with van der Waals surface area (Å²) in [7, 11) is -3.94. The highest BCUT2D eigenvalue weighted by Crippen LogP contribution is 2.20. The van der Waals surface area contributed by atoms with Crippen LogP contribution in [0.3, 0.4) is 0 Å². The Labute approximate surface area is 162 Å². The van der Waals surface area contributed by atoms with Gasteiger partial charge in [-0.2, -0.15) is 4.31 Å². The SMILES string of the molecule is O=C(NCCc1ccccc1F)N1CCN(S(=O)(=O)c2ccccc2F)CC1. The van der Waals surface area contributed by atoms with Gasteiger partial charge in [-0.15, -0.1) is 0 Å². The van der Waals surface area contributed by atoms with Crippen LogP contribution in [0.5, 0.6) is 0 Å². The van der Waals surface area contributed by atoms with Gasteiger partial charge < -0.3 is 10.2 Å². The van der Waals surface area contributed by atoms with Crippen molar-refractivity contribution in [2.45, 2.75) is 11.3 Å². The number of sulfonamides is 1. The smallest absolute Gasteiger partial charge is 0.317 e. The van der Waals surface area contributed by atoms with Crippen LogP contribution >= 0.6 is 0 Å². The summed E-state index contributed by atoms with van der Waals surface area (Å²) in [5.41, 5.74) is 0.517. The lowest BCUT2D eigenvalue weighted by Gasteiger charge is -2.34. The zero-order valence-electron chi connectivity index (χ0n) is 15.1. The maximum Gasteiger partial charge on any atom is 0.317 e. The van der Waals surface area contributed by atoms with Crippen LogP contribution in [-0.2, 0) is 16.4 Å². The van der Waals surface area contributed by atoms with Gasteiger partial charge in [-0.3, -0.25) is 0 Å². The van der Waals surface area contributed by atoms with Gasteiger partial charge in [0.15, 0.2) is 0 Å². The van der Waals surface area contributed by atoms with Crippen LogP contribution < -0.4 is 5.32 Å². The zero-order chi connectivity index (χ0) is 20.1. The molecule has 1 N–H and O–H groups in total. The number of carbonyl (C=O) groups excluding carboxylic acids is 1. The first-order valence-corrected chi connectivity index (χ1v) is 10.3. The van der Waals surface area contributed by atoms with E-state index >= 15 is 0 Å². The van der Waals surface area contributed by atoms with Crippen LogP contribution in [0.25, 0.3) is 0 Å². The number of halogens is 2. The van der Waals surface area contributed by atoms with E-state index in [1.165, 1.54) is 33.5 Å². The van der Waals surface area contributed by atoms with Crippen LogP contribution in [0, 0.1) is 11.6 Å². The minimum Gasteiger partial charge on any atom is -0.338 e. The Hall–Kier alpha value is -2.52. The molecule has 2 aromatic carbocycles. The number of piperazine rings is 1. The van der Waals surface area contributed by atoms with Crippen molar-refractivity contribution < 1.29 is 22.0 Å². The quantitative estimate of drug-likeness (QED) is 0.823. The number of benzene rings is 2. The molecular weight excluding hydrogens is 388 g/mol. The van der Waals surface area contributed by atoms with Crippen molar-refractivity contribution in [3.8, 4) is 0 Å². The van der Waals surface area contributed by atoms with Crippen molar-refractivity contribution in [3.05, 3.63) is 65.7 Å². The fourth-order valence-electron chi connectivity index (χ4n) is 3.04. The molecule has 0 spiro atoms. The number of urea groups is 1. The van der Waals surface area contributed by atoms with E-state index in [1.54, 1.807) is 18.2 Å². The van der Waals surface area contributed by atoms with Gasteiger partial charge >= 0.3 is 6.03 Å². The van der Waals surface area contributed by atoms with Gasteiger partial charge in [0.2, 0.25) is 10.0 Å². The number of nitrogens with zero attached hydrogens (tertiary/aromatic N) is 2. The Bertz CT molecular complexity index is 945. The maximum atomic E-state index is 13.8. The summed E-state index contributed by atoms with van der Waals surface area (Å²) in [5.74, 6) is -1.11. The number of carbonyl (C=O) groups is 1. The molecule has 0 bridgehead atoms. The third-order valence-corrected chi connectivity index (χ3v) is 6.54. The molecule has 2 amide bonds. The first-order chi connectivity index (χ1) is 13.4. The first kappa shape index (κ1) is 20.2. The van der Waals surface area contributed by atoms with E-state index in [0.717, 1.165) is 6.07 Å². The lowest BCUT2D eigenvalue weighted by Crippen LogP contribution is -2.53. The normalized spacial score (nSPS) is 15.4. The molecule has 3 rings (SSSR count). The largest absolute Gasteiger partial charge is 0.338 e. The minimum atomic E-state index is -3.94. The van der Waals surface area contributed by atoms with Gasteiger partial charge in [-0.25, -0.2) is 22.0 Å². The molecule has 1 saturated heterocycles. The van der Waals surface area contributed by atoms with Crippen molar-refractivity contribution in [2.24, 2.45) is 0 Å². The third-order valence-electron chi connectivity index (χ3n) is 4.61. The monoisotopic (exact) mass is 409 g/mol. The highest BCUT2D eigenvalue weighted by atomic mass is 32.2. The lowest BCUT2D eigenvalue weighted by atomic mass is 10.1. The molecule has 1 aliphatic rings. The first-order valence-electron chi connectivity index (χ1n) is 8.90. The van der Waals surface area contributed by atoms with Crippen LogP contribution in [0.2, 0.25) is 0 Å². The van der Waals surface area contributed by atoms with E-state index in [2.05, 4.69) is 5.32 Å². The van der Waals surface area contributed by atoms with Crippen molar-refractivity contribution in [1.29, 1.82) is 0 Å². The fourth-order valence-corrected chi connectivity index (χ4v) is 4.53. The molecule has 9 heteroatoms. The van der Waals surface area contributed by atoms with Gasteiger partial charge in [0.25, 0.3) is 0 Å². The van der Waals surface area contributed by atoms with Gasteiger partial charge in [0.1, 0.15) is 16.5 Å². The van der Waals surface area contributed by atoms with Crippen molar-refractivity contribution in [2.75, 3.05) is 32.7 Å². The highest BCUT2D eigenvalue weighted by molar-refractivity contribution is 7.89. The molecule has 0 saturated carbocycles. The molecule has 2 aromatic rings. The van der Waals surface area contributed by atoms with E-state index in [-0.39, 0.29) is 49.5 Å². The molecule has 1 aliphatic heterocycles. The Kier molecular flexibility index (Phi) is 6.25. The fraction of sp³-hybridized carbons (Fsp3) is 0.316. The molecule has 28 heavy (non-hydrogen) atoms. The standard InChI is InChI=1S/C19H21F2N3O3S/c20-16-6-2-1-5-15(16)9-10-22-19(25)23-11-13-24(14-12-23)28(26,27)18-8-4-3-7-17(18)21/h1-8H,9-14H2,(H,22,25). The van der Waals surface area contributed by atoms with E-state index in [1.807, 2.05) is 0 Å². The highest BCUT2D eigenvalue weighted by Gasteiger charge is 2.31. The minimum absolute atomic E-state index is 0.0808. The topological polar surface area (TPSA) is 69.7 Å². The number of hydrogen-bond donors (Lipinski definition) is 1. The van der Waals surface area contributed by atoms with Crippen LogP contribution in [0.4, 0.5) is 13.6 Å². The van der Waals surface area contributed by atoms with E-state index in [9.17, 15) is 22.0 Å². The van der Waals surface area contributed by atoms with Crippen molar-refractivity contribution >= 4 is 16.1 Å². The zero-order valence-corrected chi connectivity index (χ0v) is 16.0. The second kappa shape index (κ2) is 8.66. The number of hydrogen-bond acceptors (Lipinski definition) is 3. The lowest BCUT2D eigenvalue weighted by molar-refractivity contribution is 0.172. The Morgan fingerprint density at radius 1 is 0.929 bits per heavy atom. The van der Waals surface area contributed by atoms with Crippen molar-refractivity contribution in [1.82, 2.24) is 14.5 Å². The predicted molar refractivity (Wildman–Crippen MR) is 100 cm³/mol. The summed E-state index contributed by atoms with van der Waals surface area (Å²) in [6, 6.07) is 11.3. The number of rotatable bonds is 5. The van der Waals surface area contributed by atoms with Gasteiger partial charge in [0.05, 0.1) is 0 Å². The molecular formula is C19H21F2N3O3S. The van der Waals surface area contributed by atoms with Crippen LogP contribution in [0.15, 0.2) is 53.4 Å². The summed E-state index contributed by atoms with van der Waals surface area (Å²) < 4.78 is 53.8. The second-order valence-corrected chi connectivity index (χ2v) is 8.30. The van der Waals surface area contributed by atoms with Crippen LogP contribution in [-0.4, -0.2) is 56.4 Å². The molecule has 1 heterocycles. The molecule has 1 fully saturated rings. The maximum absolute atomic E-state index is 13.8. The molecule has 0 radical (unpaired) electrons. The van der Waals surface area contributed by atoms with Crippen molar-refractivity contribution in [3.63, 3.8) is 0 Å². The molecule has 0 unspecified atom stereocenters. The summed E-state index contributed by atoms with van der Waals surface area (Å²) in [6.45, 7) is 0.820. The van der Waals surface area contributed by atoms with Gasteiger partial charge in [-0.1, -0.05) is 30.3 Å². The Balaban J connectivity index is 1.51. The Morgan fingerprint density at radius 3 is 2.18 bits per heavy atom. The van der Waals surface area contributed by atoms with E-state index in [4.69, 9.17) is 0 Å². The summed E-state index contributed by atoms with van der Waals surface area (Å²) in [5, 5.41) is 2.71. The molecule has 0 aromatic heterocycles. The molecule has 0 atom stereocenters. The average molecular weight is 409 g/mol. The van der Waals surface area contributed by atoms with Crippen LogP contribution in [0.1, 0.15) is 5.56 Å². The molecule has 0 aliphatic carbocycles. The van der Waals surface area contributed by atoms with E-state index < -0.39 is 15.8 Å².